The van der Waals surface area contributed by atoms with Crippen molar-refractivity contribution >= 4 is 17.7 Å². The predicted octanol–water partition coefficient (Wildman–Crippen LogP) is 3.59. The lowest BCUT2D eigenvalue weighted by molar-refractivity contribution is -0.160. The van der Waals surface area contributed by atoms with Crippen molar-refractivity contribution in [2.75, 3.05) is 0 Å². The highest BCUT2D eigenvalue weighted by atomic mass is 16.5. The quantitative estimate of drug-likeness (QED) is 0.784. The molecule has 0 radical (unpaired) electrons. The van der Waals surface area contributed by atoms with Crippen LogP contribution in [0.25, 0.3) is 0 Å². The van der Waals surface area contributed by atoms with Crippen LogP contribution in [-0.4, -0.2) is 28.9 Å². The van der Waals surface area contributed by atoms with Gasteiger partial charge in [0.2, 0.25) is 0 Å². The Bertz CT molecular complexity index is 585. The number of aliphatic carboxylic acids is 1. The van der Waals surface area contributed by atoms with E-state index in [9.17, 15) is 14.4 Å². The minimum Gasteiger partial charge on any atom is -0.481 e. The van der Waals surface area contributed by atoms with Gasteiger partial charge in [-0.05, 0) is 56.3 Å². The molecule has 0 unspecified atom stereocenters. The van der Waals surface area contributed by atoms with E-state index >= 15 is 0 Å². The highest BCUT2D eigenvalue weighted by Crippen LogP contribution is 2.63. The van der Waals surface area contributed by atoms with Gasteiger partial charge in [0, 0.05) is 30.6 Å². The number of ketones is 1. The Morgan fingerprint density at radius 3 is 2.52 bits per heavy atom. The molecule has 3 aliphatic rings. The SMILES string of the molecule is CC(=O)O[C@H]1CC[C@H]2[C@@H]3CCC(=O)[C@](C)(CCC(=O)O)[C@H]3CC[C@]12C. The third-order valence-electron chi connectivity index (χ3n) is 7.68. The molecule has 1 N–H and O–H groups in total. The molecule has 3 saturated carbocycles. The third kappa shape index (κ3) is 3.00. The first-order valence-electron chi connectivity index (χ1n) is 9.61. The minimum absolute atomic E-state index is 0.000925. The molecule has 0 saturated heterocycles. The molecule has 5 nitrogen and oxygen atoms in total. The number of esters is 1. The number of carboxylic acid groups (broad SMARTS) is 1. The summed E-state index contributed by atoms with van der Waals surface area (Å²) in [6.45, 7) is 5.72. The Hall–Kier alpha value is -1.39. The fraction of sp³-hybridized carbons (Fsp3) is 0.850. The van der Waals surface area contributed by atoms with Gasteiger partial charge in [-0.2, -0.15) is 0 Å². The molecular weight excluding hydrogens is 320 g/mol. The van der Waals surface area contributed by atoms with Crippen LogP contribution in [0.4, 0.5) is 0 Å². The van der Waals surface area contributed by atoms with Gasteiger partial charge in [-0.25, -0.2) is 0 Å². The molecule has 0 aromatic heterocycles. The zero-order valence-electron chi connectivity index (χ0n) is 15.5. The lowest BCUT2D eigenvalue weighted by Crippen LogP contribution is -2.53. The number of hydrogen-bond acceptors (Lipinski definition) is 4. The van der Waals surface area contributed by atoms with E-state index in [1.165, 1.54) is 6.92 Å². The first kappa shape index (κ1) is 18.4. The number of fused-ring (bicyclic) bond motifs is 3. The van der Waals surface area contributed by atoms with Gasteiger partial charge in [-0.1, -0.05) is 13.8 Å². The molecule has 140 valence electrons. The molecule has 0 spiro atoms. The highest BCUT2D eigenvalue weighted by molar-refractivity contribution is 5.86. The van der Waals surface area contributed by atoms with Crippen molar-refractivity contribution < 1.29 is 24.2 Å². The van der Waals surface area contributed by atoms with E-state index in [4.69, 9.17) is 9.84 Å². The predicted molar refractivity (Wildman–Crippen MR) is 91.8 cm³/mol. The average molecular weight is 350 g/mol. The maximum Gasteiger partial charge on any atom is 0.303 e. The van der Waals surface area contributed by atoms with E-state index in [1.54, 1.807) is 0 Å². The van der Waals surface area contributed by atoms with Crippen LogP contribution >= 0.6 is 0 Å². The van der Waals surface area contributed by atoms with Crippen LogP contribution in [0.5, 0.6) is 0 Å². The number of rotatable bonds is 4. The zero-order valence-corrected chi connectivity index (χ0v) is 15.5. The second-order valence-corrected chi connectivity index (χ2v) is 8.87. The maximum atomic E-state index is 12.7. The molecular formula is C20H30O5. The van der Waals surface area contributed by atoms with E-state index in [2.05, 4.69) is 6.92 Å². The van der Waals surface area contributed by atoms with Crippen molar-refractivity contribution in [3.63, 3.8) is 0 Å². The third-order valence-corrected chi connectivity index (χ3v) is 7.68. The van der Waals surface area contributed by atoms with E-state index < -0.39 is 11.4 Å². The summed E-state index contributed by atoms with van der Waals surface area (Å²) in [7, 11) is 0. The summed E-state index contributed by atoms with van der Waals surface area (Å²) >= 11 is 0. The Morgan fingerprint density at radius 2 is 1.88 bits per heavy atom. The van der Waals surface area contributed by atoms with E-state index in [1.807, 2.05) is 6.92 Å². The summed E-state index contributed by atoms with van der Waals surface area (Å²) in [5, 5.41) is 9.09. The van der Waals surface area contributed by atoms with E-state index in [0.717, 1.165) is 32.1 Å². The number of Topliss-reactive ketones (excluding diaryl/α,β-unsaturated/α-hetero) is 1. The van der Waals surface area contributed by atoms with Gasteiger partial charge in [0.05, 0.1) is 0 Å². The molecule has 3 fully saturated rings. The fourth-order valence-electron chi connectivity index (χ4n) is 6.31. The largest absolute Gasteiger partial charge is 0.481 e. The van der Waals surface area contributed by atoms with Gasteiger partial charge in [0.25, 0.3) is 0 Å². The summed E-state index contributed by atoms with van der Waals surface area (Å²) in [6.07, 6.45) is 5.77. The van der Waals surface area contributed by atoms with Crippen LogP contribution in [0.15, 0.2) is 0 Å². The van der Waals surface area contributed by atoms with Crippen LogP contribution in [0.2, 0.25) is 0 Å². The molecule has 6 atom stereocenters. The molecule has 0 bridgehead atoms. The molecule has 5 heteroatoms. The van der Waals surface area contributed by atoms with Crippen LogP contribution in [0.3, 0.4) is 0 Å². The Labute approximate surface area is 149 Å². The van der Waals surface area contributed by atoms with Crippen molar-refractivity contribution in [1.82, 2.24) is 0 Å². The van der Waals surface area contributed by atoms with Gasteiger partial charge in [-0.3, -0.25) is 14.4 Å². The number of carbonyl (C=O) groups is 3. The van der Waals surface area contributed by atoms with Crippen molar-refractivity contribution in [3.8, 4) is 0 Å². The summed E-state index contributed by atoms with van der Waals surface area (Å²) in [5.41, 5.74) is -0.511. The van der Waals surface area contributed by atoms with Gasteiger partial charge in [0.15, 0.2) is 0 Å². The van der Waals surface area contributed by atoms with Crippen molar-refractivity contribution in [2.24, 2.45) is 28.6 Å². The summed E-state index contributed by atoms with van der Waals surface area (Å²) in [4.78, 5) is 35.2. The number of carboxylic acids is 1. The maximum absolute atomic E-state index is 12.7. The van der Waals surface area contributed by atoms with Crippen molar-refractivity contribution in [3.05, 3.63) is 0 Å². The number of carbonyl (C=O) groups excluding carboxylic acids is 2. The minimum atomic E-state index is -0.826. The normalized spacial score (nSPS) is 43.2. The van der Waals surface area contributed by atoms with Crippen LogP contribution in [0, 0.1) is 28.6 Å². The molecule has 0 aromatic carbocycles. The zero-order chi connectivity index (χ0) is 18.4. The van der Waals surface area contributed by atoms with E-state index in [-0.39, 0.29) is 35.6 Å². The Morgan fingerprint density at radius 1 is 1.16 bits per heavy atom. The molecule has 25 heavy (non-hydrogen) atoms. The van der Waals surface area contributed by atoms with Crippen molar-refractivity contribution in [2.45, 2.75) is 78.2 Å². The molecule has 0 amide bonds. The molecule has 0 heterocycles. The Kier molecular flexibility index (Phi) is 4.71. The van der Waals surface area contributed by atoms with Gasteiger partial charge in [-0.15, -0.1) is 0 Å². The lowest BCUT2D eigenvalue weighted by atomic mass is 9.49. The topological polar surface area (TPSA) is 80.7 Å². The first-order chi connectivity index (χ1) is 11.7. The second-order valence-electron chi connectivity index (χ2n) is 8.87. The second kappa shape index (κ2) is 6.40. The smallest absolute Gasteiger partial charge is 0.303 e. The van der Waals surface area contributed by atoms with E-state index in [0.29, 0.717) is 24.7 Å². The van der Waals surface area contributed by atoms with Crippen LogP contribution in [0.1, 0.15) is 72.1 Å². The van der Waals surface area contributed by atoms with Gasteiger partial charge < -0.3 is 9.84 Å². The lowest BCUT2D eigenvalue weighted by Gasteiger charge is -2.55. The summed E-state index contributed by atoms with van der Waals surface area (Å²) < 4.78 is 5.63. The van der Waals surface area contributed by atoms with Crippen molar-refractivity contribution in [1.29, 1.82) is 0 Å². The standard InChI is InChI=1S/C20H30O5/c1-12(21)25-17-7-5-14-13-4-6-16(22)19(2,11-9-18(23)24)15(13)8-10-20(14,17)3/h13-15,17H,4-11H2,1-3H3,(H,23,24)/t13-,14-,15-,17-,19+,20-/m0/s1. The van der Waals surface area contributed by atoms with Gasteiger partial charge >= 0.3 is 11.9 Å². The first-order valence-corrected chi connectivity index (χ1v) is 9.61. The number of ether oxygens (including phenoxy) is 1. The fourth-order valence-corrected chi connectivity index (χ4v) is 6.31. The molecule has 3 rings (SSSR count). The average Bonchev–Trinajstić information content (AvgIpc) is 2.85. The monoisotopic (exact) mass is 350 g/mol. The highest BCUT2D eigenvalue weighted by Gasteiger charge is 2.60. The summed E-state index contributed by atoms with van der Waals surface area (Å²) in [6, 6.07) is 0. The van der Waals surface area contributed by atoms with Gasteiger partial charge in [0.1, 0.15) is 11.9 Å². The number of hydrogen-bond donors (Lipinski definition) is 1. The van der Waals surface area contributed by atoms with Crippen LogP contribution < -0.4 is 0 Å². The Balaban J connectivity index is 1.83. The summed E-state index contributed by atoms with van der Waals surface area (Å²) in [5.74, 6) is 0.380. The molecule has 3 aliphatic carbocycles. The van der Waals surface area contributed by atoms with Crippen LogP contribution in [-0.2, 0) is 19.1 Å². The molecule has 0 aliphatic heterocycles. The molecule has 0 aromatic rings.